The van der Waals surface area contributed by atoms with Crippen LogP contribution in [-0.2, 0) is 7.05 Å². The summed E-state index contributed by atoms with van der Waals surface area (Å²) in [6.07, 6.45) is 3.18. The number of aromatic nitrogens is 3. The van der Waals surface area contributed by atoms with E-state index in [0.29, 0.717) is 29.5 Å². The molecule has 2 aromatic heterocycles. The predicted octanol–water partition coefficient (Wildman–Crippen LogP) is 2.85. The van der Waals surface area contributed by atoms with Gasteiger partial charge in [-0.1, -0.05) is 17.4 Å². The summed E-state index contributed by atoms with van der Waals surface area (Å²) >= 11 is 1.35. The molecular formula is C17H17FN4O2S. The number of aryl methyl sites for hydroxylation is 1. The van der Waals surface area contributed by atoms with Crippen LogP contribution in [0.4, 0.5) is 4.39 Å². The normalized spacial score (nSPS) is 15.7. The minimum Gasteiger partial charge on any atom is -0.467 e. The van der Waals surface area contributed by atoms with Crippen LogP contribution < -0.4 is 4.74 Å². The molecule has 0 atom stereocenters. The average molecular weight is 360 g/mol. The first-order valence-corrected chi connectivity index (χ1v) is 8.92. The van der Waals surface area contributed by atoms with Gasteiger partial charge in [-0.15, -0.1) is 0 Å². The molecule has 1 amide bonds. The van der Waals surface area contributed by atoms with E-state index in [4.69, 9.17) is 4.74 Å². The topological polar surface area (TPSA) is 60.2 Å². The van der Waals surface area contributed by atoms with E-state index in [1.54, 1.807) is 35.0 Å². The van der Waals surface area contributed by atoms with Gasteiger partial charge in [0.1, 0.15) is 23.1 Å². The van der Waals surface area contributed by atoms with Crippen molar-refractivity contribution in [2.24, 2.45) is 7.05 Å². The van der Waals surface area contributed by atoms with Crippen molar-refractivity contribution >= 4 is 27.5 Å². The van der Waals surface area contributed by atoms with E-state index in [2.05, 4.69) is 10.1 Å². The van der Waals surface area contributed by atoms with Gasteiger partial charge in [0.15, 0.2) is 0 Å². The largest absolute Gasteiger partial charge is 0.467 e. The van der Waals surface area contributed by atoms with Crippen molar-refractivity contribution in [3.05, 3.63) is 42.0 Å². The Morgan fingerprint density at radius 2 is 2.12 bits per heavy atom. The lowest BCUT2D eigenvalue weighted by atomic mass is 10.1. The number of fused-ring (bicyclic) bond motifs is 1. The summed E-state index contributed by atoms with van der Waals surface area (Å²) < 4.78 is 22.0. The van der Waals surface area contributed by atoms with Crippen LogP contribution in [0.15, 0.2) is 30.5 Å². The molecule has 1 aliphatic rings. The van der Waals surface area contributed by atoms with Gasteiger partial charge in [0.2, 0.25) is 0 Å². The Morgan fingerprint density at radius 1 is 1.32 bits per heavy atom. The summed E-state index contributed by atoms with van der Waals surface area (Å²) in [4.78, 5) is 18.4. The molecule has 1 fully saturated rings. The summed E-state index contributed by atoms with van der Waals surface area (Å²) in [5.74, 6) is -0.388. The van der Waals surface area contributed by atoms with Crippen LogP contribution in [0.5, 0.6) is 5.19 Å². The lowest BCUT2D eigenvalue weighted by Crippen LogP contribution is -2.42. The molecule has 4 rings (SSSR count). The van der Waals surface area contributed by atoms with Gasteiger partial charge in [0, 0.05) is 39.2 Å². The summed E-state index contributed by atoms with van der Waals surface area (Å²) in [6.45, 7) is 1.22. The minimum absolute atomic E-state index is 0.0172. The van der Waals surface area contributed by atoms with E-state index >= 15 is 0 Å². The molecule has 0 saturated carbocycles. The number of rotatable bonds is 3. The smallest absolute Gasteiger partial charge is 0.274 e. The Labute approximate surface area is 147 Å². The molecule has 25 heavy (non-hydrogen) atoms. The van der Waals surface area contributed by atoms with Crippen molar-refractivity contribution < 1.29 is 13.9 Å². The first-order valence-electron chi connectivity index (χ1n) is 8.11. The number of amides is 1. The molecule has 1 aromatic carbocycles. The van der Waals surface area contributed by atoms with Gasteiger partial charge in [-0.25, -0.2) is 4.39 Å². The molecule has 1 aliphatic heterocycles. The SMILES string of the molecule is Cn1ccc(C(=O)N2CCC(Oc3nc4c(F)cccc4s3)CC2)n1. The van der Waals surface area contributed by atoms with Gasteiger partial charge in [-0.2, -0.15) is 10.1 Å². The Hall–Kier alpha value is -2.48. The number of ether oxygens (including phenoxy) is 1. The molecule has 1 saturated heterocycles. The van der Waals surface area contributed by atoms with Crippen molar-refractivity contribution in [3.63, 3.8) is 0 Å². The fourth-order valence-electron chi connectivity index (χ4n) is 2.96. The maximum Gasteiger partial charge on any atom is 0.274 e. The van der Waals surface area contributed by atoms with Crippen molar-refractivity contribution in [1.82, 2.24) is 19.7 Å². The Kier molecular flexibility index (Phi) is 4.12. The Morgan fingerprint density at radius 3 is 2.80 bits per heavy atom. The molecule has 0 unspecified atom stereocenters. The maximum absolute atomic E-state index is 13.7. The van der Waals surface area contributed by atoms with Gasteiger partial charge in [0.25, 0.3) is 11.1 Å². The number of likely N-dealkylation sites (tertiary alicyclic amines) is 1. The zero-order valence-electron chi connectivity index (χ0n) is 13.7. The highest BCUT2D eigenvalue weighted by Gasteiger charge is 2.26. The first kappa shape index (κ1) is 16.0. The van der Waals surface area contributed by atoms with Crippen LogP contribution in [0.1, 0.15) is 23.3 Å². The second-order valence-corrected chi connectivity index (χ2v) is 7.04. The van der Waals surface area contributed by atoms with Gasteiger partial charge < -0.3 is 9.64 Å². The summed E-state index contributed by atoms with van der Waals surface area (Å²) in [5, 5.41) is 4.64. The molecule has 0 aliphatic carbocycles. The highest BCUT2D eigenvalue weighted by atomic mass is 32.1. The summed E-state index contributed by atoms with van der Waals surface area (Å²) in [7, 11) is 1.79. The van der Waals surface area contributed by atoms with Crippen LogP contribution in [-0.4, -0.2) is 44.8 Å². The van der Waals surface area contributed by atoms with E-state index in [9.17, 15) is 9.18 Å². The third kappa shape index (κ3) is 3.21. The lowest BCUT2D eigenvalue weighted by Gasteiger charge is -2.31. The quantitative estimate of drug-likeness (QED) is 0.721. The minimum atomic E-state index is -0.334. The van der Waals surface area contributed by atoms with Crippen molar-refractivity contribution in [1.29, 1.82) is 0 Å². The Bertz CT molecular complexity index is 914. The zero-order valence-corrected chi connectivity index (χ0v) is 14.5. The summed E-state index contributed by atoms with van der Waals surface area (Å²) in [5.41, 5.74) is 0.814. The second-order valence-electron chi connectivity index (χ2n) is 6.05. The van der Waals surface area contributed by atoms with Crippen molar-refractivity contribution in [2.75, 3.05) is 13.1 Å². The van der Waals surface area contributed by atoms with E-state index in [1.807, 2.05) is 6.07 Å². The second kappa shape index (κ2) is 6.44. The number of carbonyl (C=O) groups excluding carboxylic acids is 1. The zero-order chi connectivity index (χ0) is 17.4. The average Bonchev–Trinajstić information content (AvgIpc) is 3.22. The van der Waals surface area contributed by atoms with Crippen molar-refractivity contribution in [3.8, 4) is 5.19 Å². The number of benzene rings is 1. The molecule has 3 heterocycles. The molecular weight excluding hydrogens is 343 g/mol. The van der Waals surface area contributed by atoms with Gasteiger partial charge in [0.05, 0.1) is 4.70 Å². The third-order valence-electron chi connectivity index (χ3n) is 4.28. The standard InChI is InChI=1S/C17H17FN4O2S/c1-21-8-7-13(20-21)16(23)22-9-5-11(6-10-22)24-17-19-15-12(18)3-2-4-14(15)25-17/h2-4,7-8,11H,5-6,9-10H2,1H3. The summed E-state index contributed by atoms with van der Waals surface area (Å²) in [6, 6.07) is 6.62. The number of piperidine rings is 1. The van der Waals surface area contributed by atoms with Gasteiger partial charge in [-0.3, -0.25) is 9.48 Å². The number of halogens is 1. The van der Waals surface area contributed by atoms with E-state index < -0.39 is 0 Å². The van der Waals surface area contributed by atoms with Crippen LogP contribution in [0, 0.1) is 5.82 Å². The first-order chi connectivity index (χ1) is 12.1. The fraction of sp³-hybridized carbons (Fsp3) is 0.353. The molecule has 3 aromatic rings. The van der Waals surface area contributed by atoms with Gasteiger partial charge in [-0.05, 0) is 18.2 Å². The van der Waals surface area contributed by atoms with Crippen LogP contribution >= 0.6 is 11.3 Å². The number of para-hydroxylation sites is 1. The monoisotopic (exact) mass is 360 g/mol. The van der Waals surface area contributed by atoms with Gasteiger partial charge >= 0.3 is 0 Å². The van der Waals surface area contributed by atoms with Crippen LogP contribution in [0.3, 0.4) is 0 Å². The molecule has 0 bridgehead atoms. The van der Waals surface area contributed by atoms with E-state index in [1.165, 1.54) is 17.4 Å². The highest BCUT2D eigenvalue weighted by molar-refractivity contribution is 7.20. The van der Waals surface area contributed by atoms with Crippen LogP contribution in [0.2, 0.25) is 0 Å². The van der Waals surface area contributed by atoms with Crippen molar-refractivity contribution in [2.45, 2.75) is 18.9 Å². The molecule has 8 heteroatoms. The van der Waals surface area contributed by atoms with E-state index in [-0.39, 0.29) is 17.8 Å². The lowest BCUT2D eigenvalue weighted by molar-refractivity contribution is 0.0589. The molecule has 0 spiro atoms. The molecule has 0 radical (unpaired) electrons. The molecule has 0 N–H and O–H groups in total. The predicted molar refractivity (Wildman–Crippen MR) is 92.3 cm³/mol. The third-order valence-corrected chi connectivity index (χ3v) is 5.19. The number of carbonyl (C=O) groups is 1. The Balaban J connectivity index is 1.38. The molecule has 6 nitrogen and oxygen atoms in total. The number of thiazole rings is 1. The fourth-order valence-corrected chi connectivity index (χ4v) is 3.85. The number of hydrogen-bond acceptors (Lipinski definition) is 5. The number of nitrogens with zero attached hydrogens (tertiary/aromatic N) is 4. The highest BCUT2D eigenvalue weighted by Crippen LogP contribution is 2.31. The molecule has 130 valence electrons. The maximum atomic E-state index is 13.7. The van der Waals surface area contributed by atoms with E-state index in [0.717, 1.165) is 17.5 Å². The number of hydrogen-bond donors (Lipinski definition) is 0. The van der Waals surface area contributed by atoms with Crippen LogP contribution in [0.25, 0.3) is 10.2 Å².